The Morgan fingerprint density at radius 2 is 2.08 bits per heavy atom. The van der Waals surface area contributed by atoms with E-state index in [1.807, 2.05) is 18.2 Å². The molecule has 5 nitrogen and oxygen atoms in total. The first-order valence-electron chi connectivity index (χ1n) is 7.05. The van der Waals surface area contributed by atoms with E-state index >= 15 is 0 Å². The van der Waals surface area contributed by atoms with Gasteiger partial charge in [0.15, 0.2) is 0 Å². The smallest absolute Gasteiger partial charge is 0.323 e. The molecule has 120 valence electrons. The molecule has 1 aromatic heterocycles. The Hall–Kier alpha value is -3.30. The molecule has 0 fully saturated rings. The van der Waals surface area contributed by atoms with Gasteiger partial charge in [0.05, 0.1) is 5.56 Å². The zero-order valence-corrected chi connectivity index (χ0v) is 13.6. The molecule has 2 aromatic rings. The van der Waals surface area contributed by atoms with E-state index in [1.165, 1.54) is 17.4 Å². The molecule has 24 heavy (non-hydrogen) atoms. The van der Waals surface area contributed by atoms with Crippen LogP contribution in [0.15, 0.2) is 66.2 Å². The standard InChI is InChI=1S/C18H16N4OS/c1-2-14(21-18(23)22-15-8-4-3-5-9-15)10-6-7-13-12-24-17(20)16(13)11-19/h2-10,12H,1,20H2,(H2,21,22,23)/b7-6+,14-10+. The topological polar surface area (TPSA) is 90.9 Å². The number of anilines is 2. The summed E-state index contributed by atoms with van der Waals surface area (Å²) in [5, 5.41) is 16.8. The summed E-state index contributed by atoms with van der Waals surface area (Å²) in [6, 6.07) is 10.8. The van der Waals surface area contributed by atoms with Gasteiger partial charge in [0, 0.05) is 22.3 Å². The Balaban J connectivity index is 2.01. The maximum Gasteiger partial charge on any atom is 0.323 e. The van der Waals surface area contributed by atoms with E-state index < -0.39 is 0 Å². The number of carbonyl (C=O) groups excluding carboxylic acids is 1. The number of hydrogen-bond donors (Lipinski definition) is 3. The molecule has 0 unspecified atom stereocenters. The van der Waals surface area contributed by atoms with Gasteiger partial charge >= 0.3 is 6.03 Å². The van der Waals surface area contributed by atoms with E-state index in [-0.39, 0.29) is 6.03 Å². The van der Waals surface area contributed by atoms with Crippen molar-refractivity contribution in [2.24, 2.45) is 0 Å². The summed E-state index contributed by atoms with van der Waals surface area (Å²) in [4.78, 5) is 11.9. The van der Waals surface area contributed by atoms with E-state index in [2.05, 4.69) is 23.3 Å². The van der Waals surface area contributed by atoms with Gasteiger partial charge in [0.2, 0.25) is 0 Å². The highest BCUT2D eigenvalue weighted by molar-refractivity contribution is 7.14. The molecule has 0 spiro atoms. The molecule has 0 atom stereocenters. The number of benzene rings is 1. The molecule has 4 N–H and O–H groups in total. The van der Waals surface area contributed by atoms with Crippen molar-refractivity contribution in [3.05, 3.63) is 77.3 Å². The van der Waals surface area contributed by atoms with Crippen molar-refractivity contribution < 1.29 is 4.79 Å². The van der Waals surface area contributed by atoms with Crippen LogP contribution >= 0.6 is 11.3 Å². The van der Waals surface area contributed by atoms with Gasteiger partial charge in [-0.3, -0.25) is 0 Å². The molecule has 1 heterocycles. The predicted octanol–water partition coefficient (Wildman–Crippen LogP) is 4.11. The quantitative estimate of drug-likeness (QED) is 0.718. The zero-order chi connectivity index (χ0) is 17.4. The zero-order valence-electron chi connectivity index (χ0n) is 12.8. The number of nitrogens with zero attached hydrogens (tertiary/aromatic N) is 1. The average molecular weight is 336 g/mol. The lowest BCUT2D eigenvalue weighted by molar-refractivity contribution is 0.254. The minimum absolute atomic E-state index is 0.363. The number of nitrogen functional groups attached to an aromatic ring is 1. The number of thiophene rings is 1. The van der Waals surface area contributed by atoms with Crippen molar-refractivity contribution in [1.29, 1.82) is 5.26 Å². The summed E-state index contributed by atoms with van der Waals surface area (Å²) >= 11 is 1.32. The summed E-state index contributed by atoms with van der Waals surface area (Å²) in [5.74, 6) is 0. The van der Waals surface area contributed by atoms with Gasteiger partial charge < -0.3 is 16.4 Å². The van der Waals surface area contributed by atoms with Gasteiger partial charge in [-0.1, -0.05) is 36.9 Å². The average Bonchev–Trinajstić information content (AvgIpc) is 2.94. The van der Waals surface area contributed by atoms with Crippen molar-refractivity contribution in [2.45, 2.75) is 0 Å². The lowest BCUT2D eigenvalue weighted by Gasteiger charge is -2.07. The molecular weight excluding hydrogens is 320 g/mol. The molecule has 2 rings (SSSR count). The third-order valence-corrected chi connectivity index (χ3v) is 3.85. The molecule has 0 aliphatic heterocycles. The fraction of sp³-hybridized carbons (Fsp3) is 0. The number of carbonyl (C=O) groups is 1. The summed E-state index contributed by atoms with van der Waals surface area (Å²) in [6.07, 6.45) is 6.70. The van der Waals surface area contributed by atoms with Crippen LogP contribution < -0.4 is 16.4 Å². The second-order valence-corrected chi connectivity index (χ2v) is 5.58. The number of nitrogens with one attached hydrogen (secondary N) is 2. The van der Waals surface area contributed by atoms with Gasteiger partial charge in [-0.15, -0.1) is 11.3 Å². The van der Waals surface area contributed by atoms with Gasteiger partial charge in [0.25, 0.3) is 0 Å². The molecule has 0 saturated heterocycles. The number of nitriles is 1. The molecule has 0 aliphatic rings. The first-order chi connectivity index (χ1) is 11.6. The van der Waals surface area contributed by atoms with E-state index in [9.17, 15) is 4.79 Å². The van der Waals surface area contributed by atoms with Crippen molar-refractivity contribution in [2.75, 3.05) is 11.1 Å². The lowest BCUT2D eigenvalue weighted by atomic mass is 10.2. The highest BCUT2D eigenvalue weighted by Crippen LogP contribution is 2.25. The second kappa shape index (κ2) is 8.36. The number of amides is 2. The number of allylic oxidation sites excluding steroid dienone is 3. The van der Waals surface area contributed by atoms with Crippen LogP contribution in [0.5, 0.6) is 0 Å². The van der Waals surface area contributed by atoms with Crippen LogP contribution in [0.3, 0.4) is 0 Å². The number of para-hydroxylation sites is 1. The second-order valence-electron chi connectivity index (χ2n) is 4.67. The van der Waals surface area contributed by atoms with Crippen molar-refractivity contribution in [3.8, 4) is 6.07 Å². The minimum atomic E-state index is -0.363. The van der Waals surface area contributed by atoms with E-state index in [0.717, 1.165) is 5.56 Å². The van der Waals surface area contributed by atoms with E-state index in [0.29, 0.717) is 21.9 Å². The molecule has 0 radical (unpaired) electrons. The maximum atomic E-state index is 11.9. The lowest BCUT2D eigenvalue weighted by Crippen LogP contribution is -2.27. The number of hydrogen-bond acceptors (Lipinski definition) is 4. The number of urea groups is 1. The maximum absolute atomic E-state index is 11.9. The van der Waals surface area contributed by atoms with Crippen LogP contribution in [0.25, 0.3) is 6.08 Å². The molecule has 0 aliphatic carbocycles. The van der Waals surface area contributed by atoms with Crippen molar-refractivity contribution in [3.63, 3.8) is 0 Å². The third-order valence-electron chi connectivity index (χ3n) is 3.02. The third kappa shape index (κ3) is 4.60. The van der Waals surface area contributed by atoms with Crippen LogP contribution in [0.4, 0.5) is 15.5 Å². The fourth-order valence-corrected chi connectivity index (χ4v) is 2.59. The molecule has 1 aromatic carbocycles. The van der Waals surface area contributed by atoms with E-state index in [4.69, 9.17) is 11.0 Å². The van der Waals surface area contributed by atoms with Crippen LogP contribution in [0.2, 0.25) is 0 Å². The van der Waals surface area contributed by atoms with Crippen LogP contribution in [-0.4, -0.2) is 6.03 Å². The Morgan fingerprint density at radius 3 is 2.75 bits per heavy atom. The summed E-state index contributed by atoms with van der Waals surface area (Å²) in [6.45, 7) is 3.67. The first-order valence-corrected chi connectivity index (χ1v) is 7.93. The van der Waals surface area contributed by atoms with Crippen molar-refractivity contribution in [1.82, 2.24) is 5.32 Å². The predicted molar refractivity (Wildman–Crippen MR) is 99.4 cm³/mol. The Bertz CT molecular complexity index is 828. The van der Waals surface area contributed by atoms with Crippen LogP contribution in [0.1, 0.15) is 11.1 Å². The number of rotatable bonds is 5. The van der Waals surface area contributed by atoms with Gasteiger partial charge in [0.1, 0.15) is 11.1 Å². The Morgan fingerprint density at radius 1 is 1.33 bits per heavy atom. The van der Waals surface area contributed by atoms with Crippen molar-refractivity contribution >= 4 is 34.1 Å². The summed E-state index contributed by atoms with van der Waals surface area (Å²) in [7, 11) is 0. The summed E-state index contributed by atoms with van der Waals surface area (Å²) in [5.41, 5.74) is 8.14. The molecule has 0 bridgehead atoms. The highest BCUT2D eigenvalue weighted by atomic mass is 32.1. The molecule has 0 saturated carbocycles. The van der Waals surface area contributed by atoms with Gasteiger partial charge in [-0.2, -0.15) is 5.26 Å². The molecule has 2 amide bonds. The van der Waals surface area contributed by atoms with E-state index in [1.54, 1.807) is 35.7 Å². The van der Waals surface area contributed by atoms with Crippen LogP contribution in [-0.2, 0) is 0 Å². The van der Waals surface area contributed by atoms with Crippen LogP contribution in [0, 0.1) is 11.3 Å². The highest BCUT2D eigenvalue weighted by Gasteiger charge is 2.05. The first kappa shape index (κ1) is 17.1. The fourth-order valence-electron chi connectivity index (χ4n) is 1.86. The monoisotopic (exact) mass is 336 g/mol. The Kier molecular flexibility index (Phi) is 5.95. The SMILES string of the molecule is C=C/C(=C\C=C\c1csc(N)c1C#N)NC(=O)Nc1ccccc1. The largest absolute Gasteiger partial charge is 0.389 e. The molecule has 6 heteroatoms. The normalized spacial score (nSPS) is 11.0. The minimum Gasteiger partial charge on any atom is -0.389 e. The van der Waals surface area contributed by atoms with Gasteiger partial charge in [-0.05, 0) is 24.3 Å². The van der Waals surface area contributed by atoms with Gasteiger partial charge in [-0.25, -0.2) is 4.79 Å². The summed E-state index contributed by atoms with van der Waals surface area (Å²) < 4.78 is 0. The molecular formula is C18H16N4OS. The number of nitrogens with two attached hydrogens (primary N) is 1. The Labute approximate surface area is 144 Å².